The molecular formula is C28H33F2N5O4. The quantitative estimate of drug-likeness (QED) is 0.491. The Balaban J connectivity index is 1.12. The van der Waals surface area contributed by atoms with Crippen LogP contribution in [0.4, 0.5) is 8.78 Å². The van der Waals surface area contributed by atoms with Crippen LogP contribution < -0.4 is 10.3 Å². The fraction of sp³-hybridized carbons (Fsp3) is 0.571. The van der Waals surface area contributed by atoms with E-state index in [0.29, 0.717) is 48.4 Å². The first-order valence-electron chi connectivity index (χ1n) is 13.4. The van der Waals surface area contributed by atoms with E-state index in [1.165, 1.54) is 17.1 Å². The van der Waals surface area contributed by atoms with Crippen molar-refractivity contribution >= 4 is 16.9 Å². The minimum Gasteiger partial charge on any atom is -0.493 e. The van der Waals surface area contributed by atoms with Gasteiger partial charge in [-0.3, -0.25) is 14.2 Å². The molecule has 1 amide bonds. The number of aliphatic hydroxyl groups is 1. The summed E-state index contributed by atoms with van der Waals surface area (Å²) >= 11 is 0. The van der Waals surface area contributed by atoms with E-state index in [4.69, 9.17) is 4.74 Å². The van der Waals surface area contributed by atoms with Crippen LogP contribution in [0.25, 0.3) is 16.7 Å². The van der Waals surface area contributed by atoms with Crippen molar-refractivity contribution < 1.29 is 23.4 Å². The van der Waals surface area contributed by atoms with E-state index in [9.17, 15) is 23.5 Å². The van der Waals surface area contributed by atoms with Crippen molar-refractivity contribution in [2.24, 2.45) is 10.8 Å². The van der Waals surface area contributed by atoms with Crippen molar-refractivity contribution in [3.8, 4) is 11.4 Å². The second-order valence-electron chi connectivity index (χ2n) is 12.4. The summed E-state index contributed by atoms with van der Waals surface area (Å²) in [7, 11) is 0. The molecule has 3 fully saturated rings. The molecule has 1 saturated heterocycles. The topological polar surface area (TPSA) is 102 Å². The summed E-state index contributed by atoms with van der Waals surface area (Å²) < 4.78 is 35.2. The maximum absolute atomic E-state index is 13.2. The zero-order chi connectivity index (χ0) is 27.6. The van der Waals surface area contributed by atoms with Gasteiger partial charge in [-0.2, -0.15) is 5.10 Å². The molecule has 208 valence electrons. The molecule has 1 N–H and O–H groups in total. The molecule has 2 aliphatic carbocycles. The first-order chi connectivity index (χ1) is 18.4. The summed E-state index contributed by atoms with van der Waals surface area (Å²) in [6.45, 7) is 5.03. The lowest BCUT2D eigenvalue weighted by molar-refractivity contribution is -0.164. The van der Waals surface area contributed by atoms with Crippen molar-refractivity contribution in [1.82, 2.24) is 24.2 Å². The number of carbonyl (C=O) groups is 1. The Bertz CT molecular complexity index is 1460. The molecule has 0 unspecified atom stereocenters. The van der Waals surface area contributed by atoms with E-state index in [2.05, 4.69) is 10.1 Å². The SMILES string of the molecule is CC1(COc2ccc(-n3ncc4c(=O)n(CC5(O)CCN(C(=O)C6(C)CC6)CC5)cnc43)cc2)CC(F)(F)C1. The van der Waals surface area contributed by atoms with E-state index in [-0.39, 0.29) is 42.9 Å². The van der Waals surface area contributed by atoms with Crippen LogP contribution in [0, 0.1) is 10.8 Å². The van der Waals surface area contributed by atoms with Gasteiger partial charge in [-0.15, -0.1) is 0 Å². The van der Waals surface area contributed by atoms with Crippen LogP contribution in [-0.2, 0) is 11.3 Å². The van der Waals surface area contributed by atoms with Gasteiger partial charge >= 0.3 is 0 Å². The van der Waals surface area contributed by atoms with Crippen LogP contribution in [0.1, 0.15) is 52.4 Å². The number of ether oxygens (including phenoxy) is 1. The molecule has 2 aromatic heterocycles. The number of halogens is 2. The highest BCUT2D eigenvalue weighted by atomic mass is 19.3. The molecule has 0 atom stereocenters. The Hall–Kier alpha value is -3.34. The van der Waals surface area contributed by atoms with Crippen LogP contribution in [0.3, 0.4) is 0 Å². The van der Waals surface area contributed by atoms with Gasteiger partial charge in [-0.1, -0.05) is 13.8 Å². The molecule has 0 radical (unpaired) electrons. The minimum atomic E-state index is -2.60. The predicted molar refractivity (Wildman–Crippen MR) is 139 cm³/mol. The second-order valence-corrected chi connectivity index (χ2v) is 12.4. The van der Waals surface area contributed by atoms with Crippen molar-refractivity contribution in [1.29, 1.82) is 0 Å². The van der Waals surface area contributed by atoms with Crippen molar-refractivity contribution in [3.63, 3.8) is 0 Å². The number of likely N-dealkylation sites (tertiary alicyclic amines) is 1. The molecule has 0 bridgehead atoms. The van der Waals surface area contributed by atoms with Crippen molar-refractivity contribution in [3.05, 3.63) is 47.1 Å². The Kier molecular flexibility index (Phi) is 5.87. The van der Waals surface area contributed by atoms with Gasteiger partial charge in [0.2, 0.25) is 11.8 Å². The van der Waals surface area contributed by atoms with Crippen LogP contribution in [-0.4, -0.2) is 66.5 Å². The van der Waals surface area contributed by atoms with E-state index in [1.54, 1.807) is 35.9 Å². The summed E-state index contributed by atoms with van der Waals surface area (Å²) in [5.41, 5.74) is -1.10. The van der Waals surface area contributed by atoms with Gasteiger partial charge in [-0.05, 0) is 49.9 Å². The van der Waals surface area contributed by atoms with E-state index in [1.807, 2.05) is 11.8 Å². The minimum absolute atomic E-state index is 0.0934. The highest BCUT2D eigenvalue weighted by Crippen LogP contribution is 2.51. The van der Waals surface area contributed by atoms with Gasteiger partial charge in [0.15, 0.2) is 5.65 Å². The summed E-state index contributed by atoms with van der Waals surface area (Å²) in [6, 6.07) is 7.01. The van der Waals surface area contributed by atoms with Crippen molar-refractivity contribution in [2.45, 2.75) is 70.4 Å². The number of carbonyl (C=O) groups excluding carboxylic acids is 1. The van der Waals surface area contributed by atoms with Crippen molar-refractivity contribution in [2.75, 3.05) is 19.7 Å². The maximum atomic E-state index is 13.2. The molecule has 3 aliphatic rings. The highest BCUT2D eigenvalue weighted by molar-refractivity contribution is 5.85. The smallest absolute Gasteiger partial charge is 0.264 e. The third-order valence-corrected chi connectivity index (χ3v) is 8.56. The average Bonchev–Trinajstić information content (AvgIpc) is 3.48. The number of alkyl halides is 2. The van der Waals surface area contributed by atoms with Crippen LogP contribution in [0.5, 0.6) is 5.75 Å². The molecule has 1 aromatic carbocycles. The molecule has 11 heteroatoms. The predicted octanol–water partition coefficient (Wildman–Crippen LogP) is 3.55. The number of nitrogens with zero attached hydrogens (tertiary/aromatic N) is 5. The fourth-order valence-electron chi connectivity index (χ4n) is 5.87. The molecule has 9 nitrogen and oxygen atoms in total. The zero-order valence-electron chi connectivity index (χ0n) is 22.2. The molecule has 1 aliphatic heterocycles. The Morgan fingerprint density at radius 1 is 1.08 bits per heavy atom. The number of hydrogen-bond donors (Lipinski definition) is 1. The second kappa shape index (κ2) is 8.84. The Morgan fingerprint density at radius 2 is 1.74 bits per heavy atom. The summed E-state index contributed by atoms with van der Waals surface area (Å²) in [5, 5.41) is 15.9. The third-order valence-electron chi connectivity index (χ3n) is 8.56. The number of amides is 1. The largest absolute Gasteiger partial charge is 0.493 e. The summed E-state index contributed by atoms with van der Waals surface area (Å²) in [5.74, 6) is -1.87. The first-order valence-corrected chi connectivity index (χ1v) is 13.4. The summed E-state index contributed by atoms with van der Waals surface area (Å²) in [4.78, 5) is 32.2. The normalized spacial score (nSPS) is 22.3. The van der Waals surface area contributed by atoms with Gasteiger partial charge < -0.3 is 14.7 Å². The van der Waals surface area contributed by atoms with E-state index in [0.717, 1.165) is 12.8 Å². The van der Waals surface area contributed by atoms with Gasteiger partial charge in [0, 0.05) is 36.8 Å². The highest BCUT2D eigenvalue weighted by Gasteiger charge is 2.54. The molecule has 0 spiro atoms. The van der Waals surface area contributed by atoms with Crippen LogP contribution in [0.2, 0.25) is 0 Å². The molecule has 39 heavy (non-hydrogen) atoms. The van der Waals surface area contributed by atoms with E-state index >= 15 is 0 Å². The zero-order valence-corrected chi connectivity index (χ0v) is 22.2. The lowest BCUT2D eigenvalue weighted by Gasteiger charge is -2.44. The molecule has 6 rings (SSSR count). The van der Waals surface area contributed by atoms with E-state index < -0.39 is 16.9 Å². The third kappa shape index (κ3) is 4.92. The molecular weight excluding hydrogens is 508 g/mol. The number of hydrogen-bond acceptors (Lipinski definition) is 6. The van der Waals surface area contributed by atoms with Gasteiger partial charge in [-0.25, -0.2) is 18.4 Å². The number of fused-ring (bicyclic) bond motifs is 1. The number of benzene rings is 1. The summed E-state index contributed by atoms with van der Waals surface area (Å²) in [6.07, 6.45) is 5.18. The standard InChI is InChI=1S/C28H33F2N5O4/c1-25(14-28(29,30)15-25)17-39-20-5-3-19(4-6-20)35-22-21(13-32-35)23(36)34(18-31-22)16-27(38)9-11-33(12-10-27)24(37)26(2)7-8-26/h3-6,13,18,38H,7-12,14-17H2,1-2H3. The van der Waals surface area contributed by atoms with Crippen LogP contribution >= 0.6 is 0 Å². The average molecular weight is 542 g/mol. The number of rotatable bonds is 7. The number of piperidine rings is 1. The van der Waals surface area contributed by atoms with Gasteiger partial charge in [0.05, 0.1) is 30.6 Å². The first kappa shape index (κ1) is 25.9. The molecule has 3 aromatic rings. The molecule has 3 heterocycles. The van der Waals surface area contributed by atoms with Gasteiger partial charge in [0.25, 0.3) is 5.56 Å². The monoisotopic (exact) mass is 541 g/mol. The number of aromatic nitrogens is 4. The Labute approximate surface area is 224 Å². The fourth-order valence-corrected chi connectivity index (χ4v) is 5.87. The lowest BCUT2D eigenvalue weighted by atomic mass is 9.68. The molecule has 2 saturated carbocycles. The lowest BCUT2D eigenvalue weighted by Crippen LogP contribution is -2.51. The van der Waals surface area contributed by atoms with Gasteiger partial charge in [0.1, 0.15) is 17.5 Å². The maximum Gasteiger partial charge on any atom is 0.264 e. The Morgan fingerprint density at radius 3 is 2.36 bits per heavy atom. The van der Waals surface area contributed by atoms with Crippen LogP contribution in [0.15, 0.2) is 41.6 Å².